The first-order valence-corrected chi connectivity index (χ1v) is 6.73. The van der Waals surface area contributed by atoms with Gasteiger partial charge in [-0.15, -0.1) is 0 Å². The van der Waals surface area contributed by atoms with Crippen LogP contribution in [-0.2, 0) is 0 Å². The number of hydrogen-bond donors (Lipinski definition) is 1. The number of rotatable bonds is 5. The van der Waals surface area contributed by atoms with Crippen LogP contribution in [0.25, 0.3) is 0 Å². The molecule has 1 unspecified atom stereocenters. The highest BCUT2D eigenvalue weighted by Gasteiger charge is 2.13. The van der Waals surface area contributed by atoms with Crippen LogP contribution in [0.2, 0.25) is 0 Å². The fraction of sp³-hybridized carbons (Fsp3) is 0.294. The van der Waals surface area contributed by atoms with Crippen LogP contribution in [0.3, 0.4) is 0 Å². The van der Waals surface area contributed by atoms with E-state index in [0.717, 1.165) is 0 Å². The molecule has 3 heteroatoms. The molecule has 106 valence electrons. The zero-order valence-corrected chi connectivity index (χ0v) is 12.1. The Labute approximate surface area is 119 Å². The van der Waals surface area contributed by atoms with Gasteiger partial charge in [-0.3, -0.25) is 0 Å². The molecule has 0 fully saturated rings. The van der Waals surface area contributed by atoms with Gasteiger partial charge >= 0.3 is 0 Å². The summed E-state index contributed by atoms with van der Waals surface area (Å²) in [4.78, 5) is 0. The first kappa shape index (κ1) is 14.5. The molecule has 2 nitrogen and oxygen atoms in total. The zero-order valence-electron chi connectivity index (χ0n) is 12.1. The summed E-state index contributed by atoms with van der Waals surface area (Å²) < 4.78 is 18.8. The second-order valence-electron chi connectivity index (χ2n) is 4.97. The van der Waals surface area contributed by atoms with Crippen molar-refractivity contribution in [1.82, 2.24) is 5.32 Å². The summed E-state index contributed by atoms with van der Waals surface area (Å²) in [6.45, 7) is 4.62. The molecule has 0 aliphatic carbocycles. The molecule has 0 saturated heterocycles. The van der Waals surface area contributed by atoms with Gasteiger partial charge in [0.25, 0.3) is 0 Å². The Morgan fingerprint density at radius 3 is 2.65 bits per heavy atom. The maximum atomic E-state index is 13.1. The standard InChI is InChI=1S/C17H20FNO/c1-12-7-8-13(2)16(9-12)17(19-3)11-20-15-6-4-5-14(18)10-15/h4-10,17,19H,11H2,1-3H3. The van der Waals surface area contributed by atoms with Gasteiger partial charge < -0.3 is 10.1 Å². The maximum absolute atomic E-state index is 13.1. The van der Waals surface area contributed by atoms with E-state index in [1.165, 1.54) is 28.8 Å². The van der Waals surface area contributed by atoms with Gasteiger partial charge in [-0.05, 0) is 44.2 Å². The van der Waals surface area contributed by atoms with Crippen molar-refractivity contribution >= 4 is 0 Å². The van der Waals surface area contributed by atoms with E-state index in [2.05, 4.69) is 37.4 Å². The highest BCUT2D eigenvalue weighted by molar-refractivity contribution is 5.33. The topological polar surface area (TPSA) is 21.3 Å². The van der Waals surface area contributed by atoms with Crippen LogP contribution in [-0.4, -0.2) is 13.7 Å². The highest BCUT2D eigenvalue weighted by Crippen LogP contribution is 2.21. The van der Waals surface area contributed by atoms with Crippen LogP contribution in [0.15, 0.2) is 42.5 Å². The minimum atomic E-state index is -0.282. The third-order valence-electron chi connectivity index (χ3n) is 3.37. The Bertz CT molecular complexity index is 583. The van der Waals surface area contributed by atoms with Gasteiger partial charge in [-0.1, -0.05) is 29.8 Å². The van der Waals surface area contributed by atoms with Crippen molar-refractivity contribution < 1.29 is 9.13 Å². The lowest BCUT2D eigenvalue weighted by atomic mass is 9.99. The largest absolute Gasteiger partial charge is 0.492 e. The van der Waals surface area contributed by atoms with Crippen molar-refractivity contribution in [3.63, 3.8) is 0 Å². The Morgan fingerprint density at radius 1 is 1.15 bits per heavy atom. The van der Waals surface area contributed by atoms with Gasteiger partial charge in [0.05, 0.1) is 6.04 Å². The number of benzene rings is 2. The van der Waals surface area contributed by atoms with Crippen LogP contribution in [0.5, 0.6) is 5.75 Å². The van der Waals surface area contributed by atoms with Crippen LogP contribution < -0.4 is 10.1 Å². The van der Waals surface area contributed by atoms with Gasteiger partial charge in [0.15, 0.2) is 0 Å². The van der Waals surface area contributed by atoms with Crippen molar-refractivity contribution in [2.75, 3.05) is 13.7 Å². The van der Waals surface area contributed by atoms with Crippen LogP contribution in [0, 0.1) is 19.7 Å². The summed E-state index contributed by atoms with van der Waals surface area (Å²) in [6.07, 6.45) is 0. The van der Waals surface area contributed by atoms with E-state index in [9.17, 15) is 4.39 Å². The van der Waals surface area contributed by atoms with E-state index in [-0.39, 0.29) is 11.9 Å². The average molecular weight is 273 g/mol. The van der Waals surface area contributed by atoms with E-state index in [4.69, 9.17) is 4.74 Å². The summed E-state index contributed by atoms with van der Waals surface area (Å²) in [7, 11) is 1.90. The summed E-state index contributed by atoms with van der Waals surface area (Å²) in [6, 6.07) is 12.7. The number of likely N-dealkylation sites (N-methyl/N-ethyl adjacent to an activating group) is 1. The van der Waals surface area contributed by atoms with E-state index >= 15 is 0 Å². The van der Waals surface area contributed by atoms with Crippen molar-refractivity contribution in [3.8, 4) is 5.75 Å². The van der Waals surface area contributed by atoms with E-state index in [1.807, 2.05) is 7.05 Å². The quantitative estimate of drug-likeness (QED) is 0.895. The van der Waals surface area contributed by atoms with E-state index in [1.54, 1.807) is 12.1 Å². The molecular formula is C17H20FNO. The molecule has 0 heterocycles. The third kappa shape index (κ3) is 3.58. The Kier molecular flexibility index (Phi) is 4.74. The normalized spacial score (nSPS) is 12.2. The van der Waals surface area contributed by atoms with E-state index < -0.39 is 0 Å². The lowest BCUT2D eigenvalue weighted by Gasteiger charge is -2.20. The van der Waals surface area contributed by atoms with Crippen molar-refractivity contribution in [2.45, 2.75) is 19.9 Å². The van der Waals surface area contributed by atoms with Crippen LogP contribution in [0.1, 0.15) is 22.7 Å². The average Bonchev–Trinajstić information content (AvgIpc) is 2.43. The zero-order chi connectivity index (χ0) is 14.5. The minimum Gasteiger partial charge on any atom is -0.492 e. The first-order valence-electron chi connectivity index (χ1n) is 6.73. The SMILES string of the molecule is CNC(COc1cccc(F)c1)c1cc(C)ccc1C. The Balaban J connectivity index is 2.11. The Hall–Kier alpha value is -1.87. The molecule has 0 bridgehead atoms. The molecule has 0 aromatic heterocycles. The molecule has 1 N–H and O–H groups in total. The minimum absolute atomic E-state index is 0.0816. The monoisotopic (exact) mass is 273 g/mol. The second-order valence-corrected chi connectivity index (χ2v) is 4.97. The lowest BCUT2D eigenvalue weighted by molar-refractivity contribution is 0.271. The molecule has 2 aromatic rings. The van der Waals surface area contributed by atoms with Crippen molar-refractivity contribution in [2.24, 2.45) is 0 Å². The number of nitrogens with one attached hydrogen (secondary N) is 1. The smallest absolute Gasteiger partial charge is 0.126 e. The van der Waals surface area contributed by atoms with Gasteiger partial charge in [0, 0.05) is 6.07 Å². The summed E-state index contributed by atoms with van der Waals surface area (Å²) >= 11 is 0. The number of aryl methyl sites for hydroxylation is 2. The summed E-state index contributed by atoms with van der Waals surface area (Å²) in [5, 5.41) is 3.25. The molecule has 1 atom stereocenters. The number of ether oxygens (including phenoxy) is 1. The molecule has 2 rings (SSSR count). The summed E-state index contributed by atoms with van der Waals surface area (Å²) in [5.74, 6) is 0.269. The van der Waals surface area contributed by atoms with E-state index in [0.29, 0.717) is 12.4 Å². The van der Waals surface area contributed by atoms with Gasteiger partial charge in [0.2, 0.25) is 0 Å². The predicted octanol–water partition coefficient (Wildman–Crippen LogP) is 3.78. The summed E-state index contributed by atoms with van der Waals surface area (Å²) in [5.41, 5.74) is 3.65. The molecular weight excluding hydrogens is 253 g/mol. The molecule has 0 aliphatic heterocycles. The van der Waals surface area contributed by atoms with Crippen LogP contribution in [0.4, 0.5) is 4.39 Å². The maximum Gasteiger partial charge on any atom is 0.126 e. The fourth-order valence-corrected chi connectivity index (χ4v) is 2.20. The molecule has 0 amide bonds. The van der Waals surface area contributed by atoms with Gasteiger partial charge in [0.1, 0.15) is 18.2 Å². The number of hydrogen-bond acceptors (Lipinski definition) is 2. The molecule has 0 saturated carbocycles. The van der Waals surface area contributed by atoms with Crippen LogP contribution >= 0.6 is 0 Å². The van der Waals surface area contributed by atoms with Gasteiger partial charge in [-0.2, -0.15) is 0 Å². The Morgan fingerprint density at radius 2 is 1.95 bits per heavy atom. The third-order valence-corrected chi connectivity index (χ3v) is 3.37. The van der Waals surface area contributed by atoms with Crippen molar-refractivity contribution in [3.05, 3.63) is 65.0 Å². The fourth-order valence-electron chi connectivity index (χ4n) is 2.20. The number of halogens is 1. The highest BCUT2D eigenvalue weighted by atomic mass is 19.1. The molecule has 0 radical (unpaired) electrons. The van der Waals surface area contributed by atoms with Crippen molar-refractivity contribution in [1.29, 1.82) is 0 Å². The lowest BCUT2D eigenvalue weighted by Crippen LogP contribution is -2.24. The molecule has 2 aromatic carbocycles. The molecule has 20 heavy (non-hydrogen) atoms. The molecule has 0 spiro atoms. The van der Waals surface area contributed by atoms with Gasteiger partial charge in [-0.25, -0.2) is 4.39 Å². The molecule has 0 aliphatic rings. The first-order chi connectivity index (χ1) is 9.60. The predicted molar refractivity (Wildman–Crippen MR) is 79.6 cm³/mol. The second kappa shape index (κ2) is 6.53.